The van der Waals surface area contributed by atoms with Gasteiger partial charge in [-0.15, -0.1) is 0 Å². The quantitative estimate of drug-likeness (QED) is 0.518. The molecule has 128 valence electrons. The molecule has 0 saturated carbocycles. The highest BCUT2D eigenvalue weighted by molar-refractivity contribution is 5.89. The minimum absolute atomic E-state index is 0.366. The van der Waals surface area contributed by atoms with Gasteiger partial charge in [-0.1, -0.05) is 54.6 Å². The fourth-order valence-corrected chi connectivity index (χ4v) is 3.06. The molecule has 3 nitrogen and oxygen atoms in total. The van der Waals surface area contributed by atoms with Crippen molar-refractivity contribution in [2.45, 2.75) is 5.41 Å². The molecule has 0 spiro atoms. The van der Waals surface area contributed by atoms with E-state index in [0.29, 0.717) is 16.7 Å². The number of esters is 1. The molecule has 0 aliphatic heterocycles. The summed E-state index contributed by atoms with van der Waals surface area (Å²) < 4.78 is 18.2. The molecule has 1 atom stereocenters. The molecule has 0 amide bonds. The zero-order valence-corrected chi connectivity index (χ0v) is 14.1. The molecule has 3 rings (SSSR count). The van der Waals surface area contributed by atoms with Gasteiger partial charge in [-0.2, -0.15) is 5.26 Å². The minimum Gasteiger partial charge on any atom is -0.465 e. The zero-order valence-electron chi connectivity index (χ0n) is 14.1. The van der Waals surface area contributed by atoms with Gasteiger partial charge in [-0.05, 0) is 41.0 Å². The summed E-state index contributed by atoms with van der Waals surface area (Å²) in [7, 11) is 1.32. The Morgan fingerprint density at radius 2 is 1.38 bits per heavy atom. The van der Waals surface area contributed by atoms with E-state index in [1.807, 2.05) is 30.3 Å². The second kappa shape index (κ2) is 7.20. The summed E-state index contributed by atoms with van der Waals surface area (Å²) in [5, 5.41) is 10.2. The standard InChI is InChI=1S/C22H16FNO2/c1-26-21(25)16-7-9-18(10-8-16)22(15-24,17-5-3-2-4-6-17)19-11-13-20(23)14-12-19/h2-14H,1H3. The maximum absolute atomic E-state index is 13.4. The number of rotatable bonds is 4. The van der Waals surface area contributed by atoms with Crippen molar-refractivity contribution in [2.24, 2.45) is 0 Å². The SMILES string of the molecule is COC(=O)c1ccc(C(C#N)(c2ccccc2)c2ccc(F)cc2)cc1. The van der Waals surface area contributed by atoms with Crippen LogP contribution in [0.15, 0.2) is 78.9 Å². The Labute approximate surface area is 151 Å². The molecule has 0 aromatic heterocycles. The number of carbonyl (C=O) groups excluding carboxylic acids is 1. The molecule has 4 heteroatoms. The highest BCUT2D eigenvalue weighted by Gasteiger charge is 2.36. The van der Waals surface area contributed by atoms with Crippen LogP contribution in [0.2, 0.25) is 0 Å². The van der Waals surface area contributed by atoms with Gasteiger partial charge in [0.2, 0.25) is 0 Å². The van der Waals surface area contributed by atoms with Crippen LogP contribution in [-0.4, -0.2) is 13.1 Å². The zero-order chi connectivity index (χ0) is 18.6. The average Bonchev–Trinajstić information content (AvgIpc) is 2.71. The van der Waals surface area contributed by atoms with E-state index < -0.39 is 11.4 Å². The van der Waals surface area contributed by atoms with E-state index >= 15 is 0 Å². The molecule has 3 aromatic rings. The smallest absolute Gasteiger partial charge is 0.337 e. The largest absolute Gasteiger partial charge is 0.465 e. The molecule has 1 unspecified atom stereocenters. The lowest BCUT2D eigenvalue weighted by Crippen LogP contribution is -2.27. The second-order valence-corrected chi connectivity index (χ2v) is 5.80. The van der Waals surface area contributed by atoms with Gasteiger partial charge in [0, 0.05) is 0 Å². The van der Waals surface area contributed by atoms with Crippen molar-refractivity contribution in [1.82, 2.24) is 0 Å². The van der Waals surface area contributed by atoms with E-state index in [0.717, 1.165) is 5.56 Å². The highest BCUT2D eigenvalue weighted by atomic mass is 19.1. The molecule has 0 aliphatic rings. The van der Waals surface area contributed by atoms with Gasteiger partial charge < -0.3 is 4.74 Å². The predicted octanol–water partition coefficient (Wildman–Crippen LogP) is 4.47. The first-order chi connectivity index (χ1) is 12.6. The molecule has 0 saturated heterocycles. The third-order valence-electron chi connectivity index (χ3n) is 4.39. The van der Waals surface area contributed by atoms with E-state index in [1.54, 1.807) is 36.4 Å². The Balaban J connectivity index is 2.23. The topological polar surface area (TPSA) is 50.1 Å². The number of methoxy groups -OCH3 is 1. The van der Waals surface area contributed by atoms with Crippen LogP contribution >= 0.6 is 0 Å². The number of nitriles is 1. The Bertz CT molecular complexity index is 944. The maximum Gasteiger partial charge on any atom is 0.337 e. The molecule has 0 radical (unpaired) electrons. The molecule has 0 heterocycles. The van der Waals surface area contributed by atoms with Crippen LogP contribution < -0.4 is 0 Å². The lowest BCUT2D eigenvalue weighted by Gasteiger charge is -2.28. The molecular weight excluding hydrogens is 329 g/mol. The summed E-state index contributed by atoms with van der Waals surface area (Å²) >= 11 is 0. The first-order valence-electron chi connectivity index (χ1n) is 8.03. The number of hydrogen-bond acceptors (Lipinski definition) is 3. The van der Waals surface area contributed by atoms with Crippen LogP contribution in [0.25, 0.3) is 0 Å². The monoisotopic (exact) mass is 345 g/mol. The van der Waals surface area contributed by atoms with Crippen molar-refractivity contribution in [3.63, 3.8) is 0 Å². The van der Waals surface area contributed by atoms with Gasteiger partial charge in [-0.3, -0.25) is 0 Å². The van der Waals surface area contributed by atoms with Gasteiger partial charge >= 0.3 is 5.97 Å². The van der Waals surface area contributed by atoms with Crippen LogP contribution in [0.1, 0.15) is 27.0 Å². The molecule has 0 N–H and O–H groups in total. The summed E-state index contributed by atoms with van der Waals surface area (Å²) in [4.78, 5) is 11.7. The first-order valence-corrected chi connectivity index (χ1v) is 8.03. The molecule has 3 aromatic carbocycles. The van der Waals surface area contributed by atoms with Gasteiger partial charge in [0.1, 0.15) is 11.2 Å². The van der Waals surface area contributed by atoms with Crippen molar-refractivity contribution in [2.75, 3.05) is 7.11 Å². The summed E-state index contributed by atoms with van der Waals surface area (Å²) in [6, 6.07) is 24.3. The van der Waals surface area contributed by atoms with E-state index in [-0.39, 0.29) is 5.82 Å². The Hall–Kier alpha value is -3.45. The number of halogens is 1. The fraction of sp³-hybridized carbons (Fsp3) is 0.0909. The number of benzene rings is 3. The second-order valence-electron chi connectivity index (χ2n) is 5.80. The van der Waals surface area contributed by atoms with E-state index in [2.05, 4.69) is 6.07 Å². The minimum atomic E-state index is -1.12. The van der Waals surface area contributed by atoms with Crippen molar-refractivity contribution in [3.05, 3.63) is 107 Å². The molecule has 0 bridgehead atoms. The Morgan fingerprint density at radius 1 is 0.885 bits per heavy atom. The fourth-order valence-electron chi connectivity index (χ4n) is 3.06. The van der Waals surface area contributed by atoms with Crippen LogP contribution in [-0.2, 0) is 10.2 Å². The van der Waals surface area contributed by atoms with Gasteiger partial charge in [-0.25, -0.2) is 9.18 Å². The maximum atomic E-state index is 13.4. The summed E-state index contributed by atoms with van der Waals surface area (Å²) in [5.41, 5.74) is 1.38. The highest BCUT2D eigenvalue weighted by Crippen LogP contribution is 2.38. The van der Waals surface area contributed by atoms with Crippen molar-refractivity contribution in [3.8, 4) is 6.07 Å². The van der Waals surface area contributed by atoms with Crippen LogP contribution in [0.5, 0.6) is 0 Å². The number of hydrogen-bond donors (Lipinski definition) is 0. The van der Waals surface area contributed by atoms with Crippen LogP contribution in [0.3, 0.4) is 0 Å². The number of nitrogens with zero attached hydrogens (tertiary/aromatic N) is 1. The molecule has 0 aliphatic carbocycles. The van der Waals surface area contributed by atoms with Crippen molar-refractivity contribution < 1.29 is 13.9 Å². The third-order valence-corrected chi connectivity index (χ3v) is 4.39. The van der Waals surface area contributed by atoms with E-state index in [1.165, 1.54) is 19.2 Å². The van der Waals surface area contributed by atoms with Crippen molar-refractivity contribution >= 4 is 5.97 Å². The number of ether oxygens (including phenoxy) is 1. The normalized spacial score (nSPS) is 12.7. The van der Waals surface area contributed by atoms with Gasteiger partial charge in [0.25, 0.3) is 0 Å². The Kier molecular flexibility index (Phi) is 4.81. The van der Waals surface area contributed by atoms with Crippen LogP contribution in [0.4, 0.5) is 4.39 Å². The van der Waals surface area contributed by atoms with E-state index in [4.69, 9.17) is 4.74 Å². The molecule has 0 fully saturated rings. The summed E-state index contributed by atoms with van der Waals surface area (Å²) in [6.45, 7) is 0. The third kappa shape index (κ3) is 2.96. The molecule has 26 heavy (non-hydrogen) atoms. The summed E-state index contributed by atoms with van der Waals surface area (Å²) in [6.07, 6.45) is 0. The lowest BCUT2D eigenvalue weighted by molar-refractivity contribution is 0.0600. The average molecular weight is 345 g/mol. The molecular formula is C22H16FNO2. The number of carbonyl (C=O) groups is 1. The summed E-state index contributed by atoms with van der Waals surface area (Å²) in [5.74, 6) is -0.810. The van der Waals surface area contributed by atoms with Crippen LogP contribution in [0, 0.1) is 17.1 Å². The lowest BCUT2D eigenvalue weighted by atomic mass is 9.70. The van der Waals surface area contributed by atoms with E-state index in [9.17, 15) is 14.4 Å². The predicted molar refractivity (Wildman–Crippen MR) is 96.1 cm³/mol. The van der Waals surface area contributed by atoms with Crippen molar-refractivity contribution in [1.29, 1.82) is 5.26 Å². The first kappa shape index (κ1) is 17.4. The van der Waals surface area contributed by atoms with Gasteiger partial charge in [0.05, 0.1) is 18.7 Å². The Morgan fingerprint density at radius 3 is 1.88 bits per heavy atom. The van der Waals surface area contributed by atoms with Gasteiger partial charge in [0.15, 0.2) is 0 Å².